The van der Waals surface area contributed by atoms with Crippen molar-refractivity contribution in [1.82, 2.24) is 4.90 Å². The second-order valence-corrected chi connectivity index (χ2v) is 5.75. The van der Waals surface area contributed by atoms with Gasteiger partial charge in [0.2, 0.25) is 5.91 Å². The first kappa shape index (κ1) is 16.0. The Morgan fingerprint density at radius 3 is 2.29 bits per heavy atom. The highest BCUT2D eigenvalue weighted by Gasteiger charge is 2.34. The molecule has 2 aromatic carbocycles. The van der Waals surface area contributed by atoms with Crippen molar-refractivity contribution in [2.75, 3.05) is 17.6 Å². The van der Waals surface area contributed by atoms with Crippen LogP contribution in [0.2, 0.25) is 5.02 Å². The molecule has 1 aliphatic heterocycles. The first-order chi connectivity index (χ1) is 11.5. The molecule has 1 heterocycles. The van der Waals surface area contributed by atoms with E-state index in [1.165, 1.54) is 6.07 Å². The minimum Gasteiger partial charge on any atom is -0.399 e. The van der Waals surface area contributed by atoms with Crippen LogP contribution in [0.3, 0.4) is 0 Å². The number of hydrogen-bond donors (Lipinski definition) is 2. The number of benzene rings is 2. The van der Waals surface area contributed by atoms with Gasteiger partial charge in [0.25, 0.3) is 11.8 Å². The summed E-state index contributed by atoms with van der Waals surface area (Å²) in [5.74, 6) is -1.11. The highest BCUT2D eigenvalue weighted by Crippen LogP contribution is 2.25. The molecule has 0 spiro atoms. The van der Waals surface area contributed by atoms with Gasteiger partial charge in [-0.15, -0.1) is 0 Å². The molecule has 1 aliphatic rings. The van der Waals surface area contributed by atoms with Gasteiger partial charge in [-0.25, -0.2) is 0 Å². The van der Waals surface area contributed by atoms with Crippen molar-refractivity contribution >= 4 is 40.7 Å². The van der Waals surface area contributed by atoms with E-state index in [4.69, 9.17) is 17.3 Å². The number of anilines is 2. The second kappa shape index (κ2) is 6.33. The lowest BCUT2D eigenvalue weighted by Crippen LogP contribution is -2.32. The number of halogens is 1. The average Bonchev–Trinajstić information content (AvgIpc) is 2.80. The fourth-order valence-corrected chi connectivity index (χ4v) is 2.74. The molecule has 0 radical (unpaired) electrons. The number of amides is 3. The van der Waals surface area contributed by atoms with Crippen molar-refractivity contribution in [3.8, 4) is 0 Å². The van der Waals surface area contributed by atoms with Crippen molar-refractivity contribution in [2.45, 2.75) is 6.42 Å². The van der Waals surface area contributed by atoms with Gasteiger partial charge in [0.15, 0.2) is 0 Å². The maximum Gasteiger partial charge on any atom is 0.261 e. The number of nitrogens with zero attached hydrogens (tertiary/aromatic N) is 1. The van der Waals surface area contributed by atoms with E-state index in [1.54, 1.807) is 36.4 Å². The fraction of sp³-hybridized carbons (Fsp3) is 0.118. The third-order valence-electron chi connectivity index (χ3n) is 3.71. The van der Waals surface area contributed by atoms with E-state index in [9.17, 15) is 14.4 Å². The normalized spacial score (nSPS) is 13.1. The van der Waals surface area contributed by atoms with Gasteiger partial charge >= 0.3 is 0 Å². The van der Waals surface area contributed by atoms with Crippen LogP contribution < -0.4 is 11.1 Å². The van der Waals surface area contributed by atoms with Crippen LogP contribution in [0, 0.1) is 0 Å². The van der Waals surface area contributed by atoms with Crippen LogP contribution >= 0.6 is 11.6 Å². The zero-order chi connectivity index (χ0) is 17.3. The van der Waals surface area contributed by atoms with E-state index >= 15 is 0 Å². The Bertz CT molecular complexity index is 816. The Balaban J connectivity index is 1.63. The van der Waals surface area contributed by atoms with Crippen molar-refractivity contribution in [3.63, 3.8) is 0 Å². The minimum absolute atomic E-state index is 0.00473. The van der Waals surface area contributed by atoms with E-state index in [2.05, 4.69) is 5.32 Å². The maximum absolute atomic E-state index is 12.2. The highest BCUT2D eigenvalue weighted by molar-refractivity contribution is 6.34. The molecule has 24 heavy (non-hydrogen) atoms. The molecule has 0 bridgehead atoms. The zero-order valence-electron chi connectivity index (χ0n) is 12.6. The maximum atomic E-state index is 12.2. The molecule has 0 saturated heterocycles. The zero-order valence-corrected chi connectivity index (χ0v) is 13.3. The molecule has 3 rings (SSSR count). The summed E-state index contributed by atoms with van der Waals surface area (Å²) in [7, 11) is 0. The quantitative estimate of drug-likeness (QED) is 0.659. The first-order valence-corrected chi connectivity index (χ1v) is 7.65. The number of hydrogen-bond acceptors (Lipinski definition) is 4. The van der Waals surface area contributed by atoms with Gasteiger partial charge in [0.05, 0.1) is 21.8 Å². The minimum atomic E-state index is -0.381. The third-order valence-corrected chi connectivity index (χ3v) is 4.02. The Labute approximate surface area is 143 Å². The summed E-state index contributed by atoms with van der Waals surface area (Å²) in [5.41, 5.74) is 7.24. The number of nitrogen functional groups attached to an aromatic ring is 1. The van der Waals surface area contributed by atoms with Crippen molar-refractivity contribution in [1.29, 1.82) is 0 Å². The Hall–Kier alpha value is -2.86. The molecule has 122 valence electrons. The summed E-state index contributed by atoms with van der Waals surface area (Å²) in [4.78, 5) is 37.5. The van der Waals surface area contributed by atoms with Gasteiger partial charge in [-0.1, -0.05) is 23.7 Å². The first-order valence-electron chi connectivity index (χ1n) is 7.27. The van der Waals surface area contributed by atoms with Gasteiger partial charge < -0.3 is 11.1 Å². The summed E-state index contributed by atoms with van der Waals surface area (Å²) in [5, 5.41) is 2.96. The van der Waals surface area contributed by atoms with Gasteiger partial charge in [-0.05, 0) is 30.3 Å². The Kier molecular flexibility index (Phi) is 4.22. The van der Waals surface area contributed by atoms with E-state index in [0.29, 0.717) is 27.5 Å². The molecule has 3 N–H and O–H groups in total. The summed E-state index contributed by atoms with van der Waals surface area (Å²) in [6.07, 6.45) is -0.0217. The van der Waals surface area contributed by atoms with Crippen LogP contribution in [0.1, 0.15) is 27.1 Å². The number of fused-ring (bicyclic) bond motifs is 1. The molecule has 0 aliphatic carbocycles. The predicted molar refractivity (Wildman–Crippen MR) is 90.9 cm³/mol. The SMILES string of the molecule is Nc1ccc(NC(=O)CCN2C(=O)c3ccccc3C2=O)c(Cl)c1. The Morgan fingerprint density at radius 2 is 1.71 bits per heavy atom. The number of nitrogens with one attached hydrogen (secondary N) is 1. The van der Waals surface area contributed by atoms with E-state index in [0.717, 1.165) is 4.90 Å². The standard InChI is InChI=1S/C17H14ClN3O3/c18-13-9-10(19)5-6-14(13)20-15(22)7-8-21-16(23)11-3-1-2-4-12(11)17(21)24/h1-6,9H,7-8,19H2,(H,20,22). The van der Waals surface area contributed by atoms with Gasteiger partial charge in [0, 0.05) is 18.7 Å². The molecule has 3 amide bonds. The Morgan fingerprint density at radius 1 is 1.08 bits per heavy atom. The molecule has 0 saturated carbocycles. The van der Waals surface area contributed by atoms with E-state index in [1.807, 2.05) is 0 Å². The summed E-state index contributed by atoms with van der Waals surface area (Å²) in [6, 6.07) is 11.3. The third kappa shape index (κ3) is 2.96. The number of carbonyl (C=O) groups is 3. The summed E-state index contributed by atoms with van der Waals surface area (Å²) in [6.45, 7) is 0.00473. The van der Waals surface area contributed by atoms with Crippen LogP contribution in [0.5, 0.6) is 0 Å². The predicted octanol–water partition coefficient (Wildman–Crippen LogP) is 2.55. The molecular weight excluding hydrogens is 330 g/mol. The van der Waals surface area contributed by atoms with E-state index in [-0.39, 0.29) is 30.7 Å². The molecule has 0 aromatic heterocycles. The lowest BCUT2D eigenvalue weighted by Gasteiger charge is -2.14. The lowest BCUT2D eigenvalue weighted by atomic mass is 10.1. The van der Waals surface area contributed by atoms with Gasteiger partial charge in [0.1, 0.15) is 0 Å². The smallest absolute Gasteiger partial charge is 0.261 e. The van der Waals surface area contributed by atoms with E-state index < -0.39 is 0 Å². The molecule has 2 aromatic rings. The monoisotopic (exact) mass is 343 g/mol. The van der Waals surface area contributed by atoms with Gasteiger partial charge in [-0.3, -0.25) is 19.3 Å². The molecular formula is C17H14ClN3O3. The molecule has 0 fully saturated rings. The average molecular weight is 344 g/mol. The van der Waals surface area contributed by atoms with Crippen LogP contribution in [-0.2, 0) is 4.79 Å². The number of carbonyl (C=O) groups excluding carboxylic acids is 3. The van der Waals surface area contributed by atoms with Crippen molar-refractivity contribution in [3.05, 3.63) is 58.6 Å². The van der Waals surface area contributed by atoms with Gasteiger partial charge in [-0.2, -0.15) is 0 Å². The molecule has 0 unspecified atom stereocenters. The van der Waals surface area contributed by atoms with Crippen LogP contribution in [0.25, 0.3) is 0 Å². The molecule has 7 heteroatoms. The summed E-state index contributed by atoms with van der Waals surface area (Å²) < 4.78 is 0. The highest BCUT2D eigenvalue weighted by atomic mass is 35.5. The number of rotatable bonds is 4. The van der Waals surface area contributed by atoms with Crippen molar-refractivity contribution < 1.29 is 14.4 Å². The summed E-state index contributed by atoms with van der Waals surface area (Å²) >= 11 is 5.99. The number of nitrogens with two attached hydrogens (primary N) is 1. The lowest BCUT2D eigenvalue weighted by molar-refractivity contribution is -0.116. The number of imide groups is 1. The van der Waals surface area contributed by atoms with Crippen LogP contribution in [0.15, 0.2) is 42.5 Å². The largest absolute Gasteiger partial charge is 0.399 e. The second-order valence-electron chi connectivity index (χ2n) is 5.34. The fourth-order valence-electron chi connectivity index (χ4n) is 2.50. The topological polar surface area (TPSA) is 92.5 Å². The molecule has 0 atom stereocenters. The van der Waals surface area contributed by atoms with Crippen LogP contribution in [-0.4, -0.2) is 29.2 Å². The van der Waals surface area contributed by atoms with Crippen LogP contribution in [0.4, 0.5) is 11.4 Å². The molecule has 6 nitrogen and oxygen atoms in total. The van der Waals surface area contributed by atoms with Crippen molar-refractivity contribution in [2.24, 2.45) is 0 Å².